The smallest absolute Gasteiger partial charge is 0.306 e. The van der Waals surface area contributed by atoms with Gasteiger partial charge in [-0.15, -0.1) is 0 Å². The van der Waals surface area contributed by atoms with Crippen LogP contribution in [0.1, 0.15) is 213 Å². The van der Waals surface area contributed by atoms with E-state index in [-0.39, 0.29) is 24.9 Å². The van der Waals surface area contributed by atoms with Crippen molar-refractivity contribution in [2.45, 2.75) is 232 Å². The molecule has 0 aromatic heterocycles. The molecule has 55 heavy (non-hydrogen) atoms. The van der Waals surface area contributed by atoms with Gasteiger partial charge in [-0.3, -0.25) is 9.59 Å². The fraction of sp³-hybridized carbons (Fsp3) is 0.755. The lowest BCUT2D eigenvalue weighted by Gasteiger charge is -2.24. The van der Waals surface area contributed by atoms with Gasteiger partial charge in [0.2, 0.25) is 5.91 Å². The number of esters is 1. The van der Waals surface area contributed by atoms with Gasteiger partial charge in [-0.1, -0.05) is 191 Å². The highest BCUT2D eigenvalue weighted by atomic mass is 16.5. The molecule has 0 aromatic carbocycles. The van der Waals surface area contributed by atoms with E-state index >= 15 is 0 Å². The molecule has 1 amide bonds. The Balaban J connectivity index is 4.53. The van der Waals surface area contributed by atoms with Crippen molar-refractivity contribution in [1.29, 1.82) is 0 Å². The summed E-state index contributed by atoms with van der Waals surface area (Å²) >= 11 is 0. The monoisotopic (exact) mass is 770 g/mol. The fourth-order valence-electron chi connectivity index (χ4n) is 6.62. The Bertz CT molecular complexity index is 999. The van der Waals surface area contributed by atoms with Crippen LogP contribution in [0.3, 0.4) is 0 Å². The van der Waals surface area contributed by atoms with E-state index in [0.29, 0.717) is 19.3 Å². The van der Waals surface area contributed by atoms with Gasteiger partial charge >= 0.3 is 5.97 Å². The van der Waals surface area contributed by atoms with Crippen LogP contribution in [0, 0.1) is 0 Å². The first-order valence-electron chi connectivity index (χ1n) is 23.1. The van der Waals surface area contributed by atoms with E-state index < -0.39 is 18.2 Å². The highest BCUT2D eigenvalue weighted by molar-refractivity contribution is 5.77. The average Bonchev–Trinajstić information content (AvgIpc) is 3.18. The van der Waals surface area contributed by atoms with Crippen molar-refractivity contribution in [2.75, 3.05) is 6.61 Å². The molecule has 6 heteroatoms. The van der Waals surface area contributed by atoms with Crippen molar-refractivity contribution in [1.82, 2.24) is 5.32 Å². The highest BCUT2D eigenvalue weighted by Gasteiger charge is 2.24. The quantitative estimate of drug-likeness (QED) is 0.0250. The Morgan fingerprint density at radius 1 is 0.527 bits per heavy atom. The Kier molecular flexibility index (Phi) is 40.8. The zero-order chi connectivity index (χ0) is 40.3. The van der Waals surface area contributed by atoms with Gasteiger partial charge in [0.1, 0.15) is 6.10 Å². The van der Waals surface area contributed by atoms with Crippen LogP contribution in [-0.4, -0.2) is 46.9 Å². The molecule has 318 valence electrons. The summed E-state index contributed by atoms with van der Waals surface area (Å²) in [6, 6.07) is -0.709. The van der Waals surface area contributed by atoms with Gasteiger partial charge in [0.25, 0.3) is 0 Å². The molecule has 0 saturated heterocycles. The van der Waals surface area contributed by atoms with Gasteiger partial charge in [-0.2, -0.15) is 0 Å². The zero-order valence-corrected chi connectivity index (χ0v) is 36.0. The molecule has 0 fully saturated rings. The minimum atomic E-state index is -0.794. The van der Waals surface area contributed by atoms with E-state index in [4.69, 9.17) is 4.74 Å². The van der Waals surface area contributed by atoms with Gasteiger partial charge in [0.05, 0.1) is 25.2 Å². The third-order valence-corrected chi connectivity index (χ3v) is 10.1. The molecule has 3 N–H and O–H groups in total. The Hall–Kier alpha value is -2.44. The standard InChI is InChI=1S/C49H87NO5/c1-4-7-10-13-16-19-21-22-23-24-25-26-27-28-30-33-36-39-42-49(54)55-45(40-37-34-31-18-15-12-9-6-3)43-48(53)50-46(44-51)47(52)41-38-35-32-29-20-17-14-11-8-5-2/h12,15-16,19,21-26,45-47,51-52H,4-11,13-14,17-18,20,27-44H2,1-3H3,(H,50,53)/b15-12-,19-16+,22-21+,24-23+,26-25+. The van der Waals surface area contributed by atoms with Gasteiger partial charge < -0.3 is 20.3 Å². The lowest BCUT2D eigenvalue weighted by atomic mass is 10.0. The summed E-state index contributed by atoms with van der Waals surface area (Å²) in [5.74, 6) is -0.524. The molecule has 0 bridgehead atoms. The lowest BCUT2D eigenvalue weighted by molar-refractivity contribution is -0.151. The van der Waals surface area contributed by atoms with E-state index in [0.717, 1.165) is 103 Å². The summed E-state index contributed by atoms with van der Waals surface area (Å²) in [5, 5.41) is 23.5. The van der Waals surface area contributed by atoms with E-state index in [1.54, 1.807) is 0 Å². The van der Waals surface area contributed by atoms with Crippen molar-refractivity contribution < 1.29 is 24.5 Å². The van der Waals surface area contributed by atoms with Crippen LogP contribution in [0.2, 0.25) is 0 Å². The number of hydrogen-bond donors (Lipinski definition) is 3. The molecular formula is C49H87NO5. The number of ether oxygens (including phenoxy) is 1. The second-order valence-electron chi connectivity index (χ2n) is 15.5. The Morgan fingerprint density at radius 3 is 1.58 bits per heavy atom. The van der Waals surface area contributed by atoms with Crippen LogP contribution in [0.25, 0.3) is 0 Å². The van der Waals surface area contributed by atoms with Gasteiger partial charge in [0, 0.05) is 6.42 Å². The fourth-order valence-corrected chi connectivity index (χ4v) is 6.62. The molecule has 3 unspecified atom stereocenters. The molecule has 0 heterocycles. The van der Waals surface area contributed by atoms with Crippen molar-refractivity contribution >= 4 is 11.9 Å². The molecule has 0 spiro atoms. The molecule has 0 aliphatic heterocycles. The normalized spacial score (nSPS) is 13.9. The van der Waals surface area contributed by atoms with E-state index in [1.165, 1.54) is 64.2 Å². The predicted octanol–water partition coefficient (Wildman–Crippen LogP) is 13.3. The maximum atomic E-state index is 13.1. The molecule has 0 aromatic rings. The Morgan fingerprint density at radius 2 is 0.982 bits per heavy atom. The first-order valence-corrected chi connectivity index (χ1v) is 23.1. The van der Waals surface area contributed by atoms with Crippen molar-refractivity contribution in [2.24, 2.45) is 0 Å². The SMILES string of the molecule is CCC/C=C\CCCCCC(CC(=O)NC(CO)C(O)CCCCCCCCCCCC)OC(=O)CCCCCCC/C=C/C=C/C=C/C=C/CCCCC. The third kappa shape index (κ3) is 38.2. The van der Waals surface area contributed by atoms with Crippen LogP contribution in [0.5, 0.6) is 0 Å². The molecule has 0 aliphatic rings. The number of unbranched alkanes of at least 4 members (excludes halogenated alkanes) is 21. The first-order chi connectivity index (χ1) is 27.0. The van der Waals surface area contributed by atoms with Crippen molar-refractivity contribution in [3.05, 3.63) is 60.8 Å². The molecule has 0 rings (SSSR count). The molecular weight excluding hydrogens is 683 g/mol. The predicted molar refractivity (Wildman–Crippen MR) is 236 cm³/mol. The Labute approximate surface area is 339 Å². The lowest BCUT2D eigenvalue weighted by Crippen LogP contribution is -2.46. The van der Waals surface area contributed by atoms with Crippen LogP contribution >= 0.6 is 0 Å². The first kappa shape index (κ1) is 52.6. The van der Waals surface area contributed by atoms with Crippen LogP contribution < -0.4 is 5.32 Å². The number of carbonyl (C=O) groups excluding carboxylic acids is 2. The number of aliphatic hydroxyl groups excluding tert-OH is 2. The number of aliphatic hydroxyl groups is 2. The molecule has 6 nitrogen and oxygen atoms in total. The number of carbonyl (C=O) groups is 2. The minimum absolute atomic E-state index is 0.0544. The summed E-state index contributed by atoms with van der Waals surface area (Å²) in [5.41, 5.74) is 0. The van der Waals surface area contributed by atoms with E-state index in [9.17, 15) is 19.8 Å². The molecule has 0 aliphatic carbocycles. The summed E-state index contributed by atoms with van der Waals surface area (Å²) < 4.78 is 5.87. The van der Waals surface area contributed by atoms with E-state index in [1.807, 2.05) is 0 Å². The van der Waals surface area contributed by atoms with Crippen LogP contribution in [0.4, 0.5) is 0 Å². The largest absolute Gasteiger partial charge is 0.462 e. The van der Waals surface area contributed by atoms with Gasteiger partial charge in [-0.05, 0) is 70.6 Å². The van der Waals surface area contributed by atoms with Gasteiger partial charge in [0.15, 0.2) is 0 Å². The van der Waals surface area contributed by atoms with Crippen LogP contribution in [-0.2, 0) is 14.3 Å². The molecule has 3 atom stereocenters. The number of rotatable bonds is 40. The summed E-state index contributed by atoms with van der Waals surface area (Å²) in [6.07, 6.45) is 51.4. The molecule has 0 saturated carbocycles. The number of hydrogen-bond acceptors (Lipinski definition) is 5. The minimum Gasteiger partial charge on any atom is -0.462 e. The second kappa shape index (κ2) is 42.7. The summed E-state index contributed by atoms with van der Waals surface area (Å²) in [7, 11) is 0. The van der Waals surface area contributed by atoms with Crippen LogP contribution in [0.15, 0.2) is 60.8 Å². The number of nitrogens with one attached hydrogen (secondary N) is 1. The zero-order valence-electron chi connectivity index (χ0n) is 36.0. The maximum Gasteiger partial charge on any atom is 0.306 e. The summed E-state index contributed by atoms with van der Waals surface area (Å²) in [4.78, 5) is 25.9. The van der Waals surface area contributed by atoms with Gasteiger partial charge in [-0.25, -0.2) is 0 Å². The maximum absolute atomic E-state index is 13.1. The topological polar surface area (TPSA) is 95.9 Å². The molecule has 0 radical (unpaired) electrons. The highest BCUT2D eigenvalue weighted by Crippen LogP contribution is 2.17. The third-order valence-electron chi connectivity index (χ3n) is 10.1. The summed E-state index contributed by atoms with van der Waals surface area (Å²) in [6.45, 7) is 6.33. The average molecular weight is 770 g/mol. The van der Waals surface area contributed by atoms with Crippen molar-refractivity contribution in [3.8, 4) is 0 Å². The van der Waals surface area contributed by atoms with E-state index in [2.05, 4.69) is 86.8 Å². The second-order valence-corrected chi connectivity index (χ2v) is 15.5. The number of amides is 1. The van der Waals surface area contributed by atoms with Crippen molar-refractivity contribution in [3.63, 3.8) is 0 Å². The number of allylic oxidation sites excluding steroid dienone is 10.